The van der Waals surface area contributed by atoms with Gasteiger partial charge in [0, 0.05) is 6.61 Å². The van der Waals surface area contributed by atoms with Crippen LogP contribution >= 0.6 is 0 Å². The molecule has 2 heteroatoms. The minimum atomic E-state index is 0.0615. The standard InChI is InChI=1S/C8H14O2/c1-2-4-8(7-10)5-3-6-9/h2,5,9-10H,1,3-4,6-7H2. The number of hydrogen-bond acceptors (Lipinski definition) is 2. The van der Waals surface area contributed by atoms with E-state index in [1.54, 1.807) is 6.08 Å². The van der Waals surface area contributed by atoms with Gasteiger partial charge in [0.05, 0.1) is 6.61 Å². The maximum Gasteiger partial charge on any atom is 0.0644 e. The van der Waals surface area contributed by atoms with Crippen molar-refractivity contribution in [3.63, 3.8) is 0 Å². The Kier molecular flexibility index (Phi) is 6.13. The average molecular weight is 142 g/mol. The van der Waals surface area contributed by atoms with Crippen LogP contribution in [0, 0.1) is 0 Å². The third kappa shape index (κ3) is 4.30. The molecule has 0 aliphatic heterocycles. The molecule has 2 nitrogen and oxygen atoms in total. The highest BCUT2D eigenvalue weighted by Crippen LogP contribution is 2.01. The molecule has 0 saturated carbocycles. The number of hydrogen-bond donors (Lipinski definition) is 2. The largest absolute Gasteiger partial charge is 0.396 e. The smallest absolute Gasteiger partial charge is 0.0644 e. The van der Waals surface area contributed by atoms with Gasteiger partial charge in [-0.2, -0.15) is 0 Å². The van der Waals surface area contributed by atoms with Crippen molar-refractivity contribution in [2.24, 2.45) is 0 Å². The third-order valence-corrected chi connectivity index (χ3v) is 1.17. The second kappa shape index (κ2) is 6.52. The van der Waals surface area contributed by atoms with Crippen LogP contribution in [0.3, 0.4) is 0 Å². The Balaban J connectivity index is 3.65. The normalized spacial score (nSPS) is 11.6. The van der Waals surface area contributed by atoms with E-state index in [0.29, 0.717) is 12.8 Å². The number of aliphatic hydroxyl groups is 2. The zero-order valence-corrected chi connectivity index (χ0v) is 6.08. The van der Waals surface area contributed by atoms with E-state index < -0.39 is 0 Å². The summed E-state index contributed by atoms with van der Waals surface area (Å²) >= 11 is 0. The van der Waals surface area contributed by atoms with Gasteiger partial charge in [-0.25, -0.2) is 0 Å². The number of allylic oxidation sites excluding steroid dienone is 1. The van der Waals surface area contributed by atoms with Gasteiger partial charge in [-0.15, -0.1) is 6.58 Å². The van der Waals surface area contributed by atoms with Crippen LogP contribution < -0.4 is 0 Å². The van der Waals surface area contributed by atoms with Crippen LogP contribution in [0.4, 0.5) is 0 Å². The zero-order valence-electron chi connectivity index (χ0n) is 6.08. The Morgan fingerprint density at radius 3 is 2.50 bits per heavy atom. The lowest BCUT2D eigenvalue weighted by molar-refractivity contribution is 0.300. The van der Waals surface area contributed by atoms with Crippen LogP contribution in [-0.2, 0) is 0 Å². The molecule has 0 unspecified atom stereocenters. The first kappa shape index (κ1) is 9.40. The van der Waals surface area contributed by atoms with Gasteiger partial charge in [0.2, 0.25) is 0 Å². The van der Waals surface area contributed by atoms with Gasteiger partial charge in [0.15, 0.2) is 0 Å². The molecule has 58 valence electrons. The summed E-state index contributed by atoms with van der Waals surface area (Å²) < 4.78 is 0. The highest BCUT2D eigenvalue weighted by molar-refractivity contribution is 5.06. The molecular formula is C8H14O2. The van der Waals surface area contributed by atoms with Crippen molar-refractivity contribution in [2.75, 3.05) is 13.2 Å². The van der Waals surface area contributed by atoms with E-state index in [4.69, 9.17) is 10.2 Å². The predicted octanol–water partition coefficient (Wildman–Crippen LogP) is 0.864. The molecule has 0 spiro atoms. The van der Waals surface area contributed by atoms with E-state index in [2.05, 4.69) is 6.58 Å². The lowest BCUT2D eigenvalue weighted by atomic mass is 10.1. The van der Waals surface area contributed by atoms with Crippen LogP contribution in [0.15, 0.2) is 24.3 Å². The van der Waals surface area contributed by atoms with Gasteiger partial charge in [-0.3, -0.25) is 0 Å². The Morgan fingerprint density at radius 2 is 2.10 bits per heavy atom. The molecular weight excluding hydrogens is 128 g/mol. The van der Waals surface area contributed by atoms with Gasteiger partial charge in [-0.1, -0.05) is 12.2 Å². The Morgan fingerprint density at radius 1 is 1.40 bits per heavy atom. The highest BCUT2D eigenvalue weighted by Gasteiger charge is 1.89. The van der Waals surface area contributed by atoms with Crippen molar-refractivity contribution in [2.45, 2.75) is 12.8 Å². The van der Waals surface area contributed by atoms with Crippen LogP contribution in [0.2, 0.25) is 0 Å². The number of rotatable bonds is 5. The van der Waals surface area contributed by atoms with Gasteiger partial charge in [0.1, 0.15) is 0 Å². The maximum absolute atomic E-state index is 8.69. The van der Waals surface area contributed by atoms with E-state index >= 15 is 0 Å². The van der Waals surface area contributed by atoms with Gasteiger partial charge in [-0.05, 0) is 18.4 Å². The molecule has 0 aliphatic rings. The first-order chi connectivity index (χ1) is 4.85. The van der Waals surface area contributed by atoms with Crippen molar-refractivity contribution in [3.05, 3.63) is 24.3 Å². The van der Waals surface area contributed by atoms with Crippen molar-refractivity contribution in [1.29, 1.82) is 0 Å². The van der Waals surface area contributed by atoms with E-state index in [1.165, 1.54) is 0 Å². The summed E-state index contributed by atoms with van der Waals surface area (Å²) in [5.74, 6) is 0. The molecule has 0 fully saturated rings. The van der Waals surface area contributed by atoms with Crippen LogP contribution in [0.1, 0.15) is 12.8 Å². The lowest BCUT2D eigenvalue weighted by Crippen LogP contribution is -1.89. The molecule has 0 aromatic heterocycles. The highest BCUT2D eigenvalue weighted by atomic mass is 16.3. The summed E-state index contributed by atoms with van der Waals surface area (Å²) in [6.07, 6.45) is 4.89. The van der Waals surface area contributed by atoms with Crippen LogP contribution in [0.25, 0.3) is 0 Å². The molecule has 0 rings (SSSR count). The molecule has 0 aromatic rings. The SMILES string of the molecule is C=CCC(=CCCO)CO. The first-order valence-corrected chi connectivity index (χ1v) is 3.35. The topological polar surface area (TPSA) is 40.5 Å². The van der Waals surface area contributed by atoms with Crippen molar-refractivity contribution in [3.8, 4) is 0 Å². The molecule has 0 aromatic carbocycles. The van der Waals surface area contributed by atoms with E-state index in [-0.39, 0.29) is 13.2 Å². The first-order valence-electron chi connectivity index (χ1n) is 3.35. The second-order valence-corrected chi connectivity index (χ2v) is 2.03. The molecule has 0 heterocycles. The van der Waals surface area contributed by atoms with Gasteiger partial charge < -0.3 is 10.2 Å². The lowest BCUT2D eigenvalue weighted by Gasteiger charge is -1.97. The summed E-state index contributed by atoms with van der Waals surface area (Å²) in [6.45, 7) is 3.74. The van der Waals surface area contributed by atoms with Crippen molar-refractivity contribution >= 4 is 0 Å². The molecule has 2 N–H and O–H groups in total. The fourth-order valence-electron chi connectivity index (χ4n) is 0.667. The fraction of sp³-hybridized carbons (Fsp3) is 0.500. The Labute approximate surface area is 61.5 Å². The van der Waals surface area contributed by atoms with E-state index in [0.717, 1.165) is 5.57 Å². The van der Waals surface area contributed by atoms with Crippen molar-refractivity contribution in [1.82, 2.24) is 0 Å². The summed E-state index contributed by atoms with van der Waals surface area (Å²) in [6, 6.07) is 0. The van der Waals surface area contributed by atoms with Gasteiger partial charge in [0.25, 0.3) is 0 Å². The summed E-state index contributed by atoms with van der Waals surface area (Å²) in [7, 11) is 0. The molecule has 0 amide bonds. The predicted molar refractivity (Wildman–Crippen MR) is 41.7 cm³/mol. The minimum Gasteiger partial charge on any atom is -0.396 e. The zero-order chi connectivity index (χ0) is 7.82. The summed E-state index contributed by atoms with van der Waals surface area (Å²) in [5.41, 5.74) is 0.920. The quantitative estimate of drug-likeness (QED) is 0.559. The molecule has 10 heavy (non-hydrogen) atoms. The maximum atomic E-state index is 8.69. The summed E-state index contributed by atoms with van der Waals surface area (Å²) in [4.78, 5) is 0. The second-order valence-electron chi connectivity index (χ2n) is 2.03. The molecule has 0 aliphatic carbocycles. The van der Waals surface area contributed by atoms with Crippen LogP contribution in [-0.4, -0.2) is 23.4 Å². The number of aliphatic hydroxyl groups excluding tert-OH is 2. The minimum absolute atomic E-state index is 0.0615. The van der Waals surface area contributed by atoms with E-state index in [1.807, 2.05) is 6.08 Å². The van der Waals surface area contributed by atoms with Gasteiger partial charge >= 0.3 is 0 Å². The van der Waals surface area contributed by atoms with Crippen molar-refractivity contribution < 1.29 is 10.2 Å². The molecule has 0 radical (unpaired) electrons. The van der Waals surface area contributed by atoms with Crippen LogP contribution in [0.5, 0.6) is 0 Å². The van der Waals surface area contributed by atoms with E-state index in [9.17, 15) is 0 Å². The Hall–Kier alpha value is -0.600. The monoisotopic (exact) mass is 142 g/mol. The molecule has 0 bridgehead atoms. The third-order valence-electron chi connectivity index (χ3n) is 1.17. The molecule has 0 atom stereocenters. The Bertz CT molecular complexity index is 116. The average Bonchev–Trinajstić information content (AvgIpc) is 1.98. The molecule has 0 saturated heterocycles. The summed E-state index contributed by atoms with van der Waals surface area (Å²) in [5, 5.41) is 17.1. The fourth-order valence-corrected chi connectivity index (χ4v) is 0.667.